The molecule has 1 aromatic heterocycles. The Labute approximate surface area is 154 Å². The van der Waals surface area contributed by atoms with Gasteiger partial charge >= 0.3 is 0 Å². The molecule has 2 aliphatic rings. The van der Waals surface area contributed by atoms with Crippen molar-refractivity contribution >= 4 is 28.4 Å². The molecule has 0 aliphatic carbocycles. The molecule has 3 heterocycles. The van der Waals surface area contributed by atoms with Crippen molar-refractivity contribution in [3.63, 3.8) is 0 Å². The van der Waals surface area contributed by atoms with Gasteiger partial charge in [-0.15, -0.1) is 0 Å². The van der Waals surface area contributed by atoms with E-state index in [4.69, 9.17) is 11.6 Å². The van der Waals surface area contributed by atoms with E-state index in [0.29, 0.717) is 18.5 Å². The molecule has 0 unspecified atom stereocenters. The van der Waals surface area contributed by atoms with Crippen molar-refractivity contribution in [3.05, 3.63) is 35.5 Å². The first-order valence-corrected chi connectivity index (χ1v) is 9.84. The van der Waals surface area contributed by atoms with E-state index in [1.165, 1.54) is 45.2 Å². The second-order valence-corrected chi connectivity index (χ2v) is 7.83. The predicted octanol–water partition coefficient (Wildman–Crippen LogP) is 3.68. The summed E-state index contributed by atoms with van der Waals surface area (Å²) in [6, 6.07) is 8.47. The third-order valence-corrected chi connectivity index (χ3v) is 6.19. The van der Waals surface area contributed by atoms with Gasteiger partial charge in [-0.1, -0.05) is 24.1 Å². The number of aromatic nitrogens is 1. The fourth-order valence-corrected chi connectivity index (χ4v) is 4.83. The maximum atomic E-state index is 12.5. The monoisotopic (exact) mass is 359 g/mol. The van der Waals surface area contributed by atoms with Crippen LogP contribution in [-0.4, -0.2) is 41.1 Å². The molecule has 0 bridgehead atoms. The van der Waals surface area contributed by atoms with E-state index in [9.17, 15) is 4.79 Å². The first-order valence-electron chi connectivity index (χ1n) is 9.46. The van der Waals surface area contributed by atoms with Gasteiger partial charge in [0.1, 0.15) is 6.54 Å². The Morgan fingerprint density at radius 1 is 1.16 bits per heavy atom. The van der Waals surface area contributed by atoms with Crippen LogP contribution in [0.4, 0.5) is 0 Å². The molecule has 2 aromatic rings. The molecule has 0 spiro atoms. The lowest BCUT2D eigenvalue weighted by Crippen LogP contribution is -2.51. The SMILES string of the molecule is O=C(Cn1ccc2c(Cl)cccc21)NC[C@H]1CCCN2CCCC[C@H]12. The normalized spacial score (nSPS) is 24.2. The van der Waals surface area contributed by atoms with Crippen LogP contribution < -0.4 is 5.32 Å². The van der Waals surface area contributed by atoms with Crippen LogP contribution in [-0.2, 0) is 11.3 Å². The maximum Gasteiger partial charge on any atom is 0.239 e. The minimum absolute atomic E-state index is 0.0883. The summed E-state index contributed by atoms with van der Waals surface area (Å²) in [6.07, 6.45) is 8.41. The van der Waals surface area contributed by atoms with Gasteiger partial charge in [0, 0.05) is 34.7 Å². The fourth-order valence-electron chi connectivity index (χ4n) is 4.59. The molecule has 2 saturated heterocycles. The molecule has 1 aromatic carbocycles. The molecule has 4 rings (SSSR count). The third kappa shape index (κ3) is 3.56. The Balaban J connectivity index is 1.36. The number of hydrogen-bond donors (Lipinski definition) is 1. The molecule has 1 amide bonds. The summed E-state index contributed by atoms with van der Waals surface area (Å²) in [6.45, 7) is 3.64. The summed E-state index contributed by atoms with van der Waals surface area (Å²) in [5, 5.41) is 4.92. The molecule has 2 atom stereocenters. The molecule has 2 fully saturated rings. The van der Waals surface area contributed by atoms with Crippen LogP contribution in [0.1, 0.15) is 32.1 Å². The molecule has 2 aliphatic heterocycles. The predicted molar refractivity (Wildman–Crippen MR) is 102 cm³/mol. The Morgan fingerprint density at radius 2 is 2.04 bits per heavy atom. The van der Waals surface area contributed by atoms with Crippen LogP contribution in [0, 0.1) is 5.92 Å². The summed E-state index contributed by atoms with van der Waals surface area (Å²) < 4.78 is 1.98. The fraction of sp³-hybridized carbons (Fsp3) is 0.550. The number of nitrogens with one attached hydrogen (secondary N) is 1. The molecule has 1 N–H and O–H groups in total. The Kier molecular flexibility index (Phi) is 5.00. The van der Waals surface area contributed by atoms with E-state index in [-0.39, 0.29) is 5.91 Å². The number of halogens is 1. The van der Waals surface area contributed by atoms with Gasteiger partial charge < -0.3 is 14.8 Å². The first kappa shape index (κ1) is 16.9. The zero-order chi connectivity index (χ0) is 17.2. The van der Waals surface area contributed by atoms with Crippen LogP contribution in [0.25, 0.3) is 10.9 Å². The van der Waals surface area contributed by atoms with Crippen LogP contribution in [0.2, 0.25) is 5.02 Å². The van der Waals surface area contributed by atoms with Crippen molar-refractivity contribution in [2.75, 3.05) is 19.6 Å². The molecule has 0 radical (unpaired) electrons. The standard InChI is InChI=1S/C20H26ClN3O/c21-17-6-3-8-19-16(17)9-12-24(19)14-20(25)22-13-15-5-4-11-23-10-2-1-7-18(15)23/h3,6,8-9,12,15,18H,1-2,4-5,7,10-11,13-14H2,(H,22,25)/t15-,18-/m1/s1. The van der Waals surface area contributed by atoms with Crippen molar-refractivity contribution in [3.8, 4) is 0 Å². The van der Waals surface area contributed by atoms with Crippen LogP contribution in [0.3, 0.4) is 0 Å². The van der Waals surface area contributed by atoms with Crippen LogP contribution in [0.5, 0.6) is 0 Å². The van der Waals surface area contributed by atoms with E-state index < -0.39 is 0 Å². The smallest absolute Gasteiger partial charge is 0.239 e. The highest BCUT2D eigenvalue weighted by molar-refractivity contribution is 6.35. The Morgan fingerprint density at radius 3 is 2.96 bits per heavy atom. The summed E-state index contributed by atoms with van der Waals surface area (Å²) in [5.74, 6) is 0.694. The lowest BCUT2D eigenvalue weighted by molar-refractivity contribution is -0.122. The first-order chi connectivity index (χ1) is 12.2. The zero-order valence-corrected chi connectivity index (χ0v) is 15.3. The second kappa shape index (κ2) is 7.38. The van der Waals surface area contributed by atoms with E-state index in [2.05, 4.69) is 10.2 Å². The highest BCUT2D eigenvalue weighted by atomic mass is 35.5. The molecular weight excluding hydrogens is 334 g/mol. The average molecular weight is 360 g/mol. The van der Waals surface area contributed by atoms with Gasteiger partial charge in [-0.05, 0) is 62.9 Å². The van der Waals surface area contributed by atoms with E-state index in [1.54, 1.807) is 0 Å². The summed E-state index contributed by atoms with van der Waals surface area (Å²) in [7, 11) is 0. The van der Waals surface area contributed by atoms with Crippen molar-refractivity contribution in [2.24, 2.45) is 5.92 Å². The molecule has 5 heteroatoms. The van der Waals surface area contributed by atoms with Crippen molar-refractivity contribution in [1.82, 2.24) is 14.8 Å². The molecular formula is C20H26ClN3O. The highest BCUT2D eigenvalue weighted by Gasteiger charge is 2.32. The minimum atomic E-state index is 0.0883. The number of hydrogen-bond acceptors (Lipinski definition) is 2. The van der Waals surface area contributed by atoms with E-state index in [1.807, 2.05) is 35.0 Å². The van der Waals surface area contributed by atoms with Crippen LogP contribution >= 0.6 is 11.6 Å². The van der Waals surface area contributed by atoms with E-state index >= 15 is 0 Å². The van der Waals surface area contributed by atoms with Gasteiger partial charge in [0.25, 0.3) is 0 Å². The molecule has 0 saturated carbocycles. The molecule has 4 nitrogen and oxygen atoms in total. The number of carbonyl (C=O) groups is 1. The largest absolute Gasteiger partial charge is 0.354 e. The summed E-state index contributed by atoms with van der Waals surface area (Å²) >= 11 is 6.22. The highest BCUT2D eigenvalue weighted by Crippen LogP contribution is 2.30. The third-order valence-electron chi connectivity index (χ3n) is 5.86. The minimum Gasteiger partial charge on any atom is -0.354 e. The average Bonchev–Trinajstić information content (AvgIpc) is 3.04. The van der Waals surface area contributed by atoms with Gasteiger partial charge in [-0.3, -0.25) is 4.79 Å². The number of fused-ring (bicyclic) bond motifs is 2. The van der Waals surface area contributed by atoms with Gasteiger partial charge in [-0.25, -0.2) is 0 Å². The lowest BCUT2D eigenvalue weighted by atomic mass is 9.83. The number of carbonyl (C=O) groups excluding carboxylic acids is 1. The van der Waals surface area contributed by atoms with Gasteiger partial charge in [0.05, 0.1) is 0 Å². The van der Waals surface area contributed by atoms with Gasteiger partial charge in [0.15, 0.2) is 0 Å². The van der Waals surface area contributed by atoms with Gasteiger partial charge in [-0.2, -0.15) is 0 Å². The Bertz CT molecular complexity index is 754. The quantitative estimate of drug-likeness (QED) is 0.904. The van der Waals surface area contributed by atoms with Crippen molar-refractivity contribution in [2.45, 2.75) is 44.7 Å². The van der Waals surface area contributed by atoms with Crippen LogP contribution in [0.15, 0.2) is 30.5 Å². The number of rotatable bonds is 4. The number of amides is 1. The molecule has 134 valence electrons. The summed E-state index contributed by atoms with van der Waals surface area (Å²) in [5.41, 5.74) is 1.01. The lowest BCUT2D eigenvalue weighted by Gasteiger charge is -2.44. The van der Waals surface area contributed by atoms with Crippen molar-refractivity contribution in [1.29, 1.82) is 0 Å². The maximum absolute atomic E-state index is 12.5. The van der Waals surface area contributed by atoms with Crippen molar-refractivity contribution < 1.29 is 4.79 Å². The topological polar surface area (TPSA) is 37.3 Å². The van der Waals surface area contributed by atoms with E-state index in [0.717, 1.165) is 22.5 Å². The van der Waals surface area contributed by atoms with Gasteiger partial charge in [0.2, 0.25) is 5.91 Å². The molecule has 25 heavy (non-hydrogen) atoms. The zero-order valence-electron chi connectivity index (χ0n) is 14.6. The number of benzene rings is 1. The summed E-state index contributed by atoms with van der Waals surface area (Å²) in [4.78, 5) is 15.1. The second-order valence-electron chi connectivity index (χ2n) is 7.42. The number of nitrogens with zero attached hydrogens (tertiary/aromatic N) is 2. The number of piperidine rings is 2. The Hall–Kier alpha value is -1.52.